The summed E-state index contributed by atoms with van der Waals surface area (Å²) < 4.78 is 0. The predicted octanol–water partition coefficient (Wildman–Crippen LogP) is 0.424. The number of hydrogen-bond donors (Lipinski definition) is 3. The number of amides is 2. The van der Waals surface area contributed by atoms with E-state index in [1.165, 1.54) is 0 Å². The fourth-order valence-corrected chi connectivity index (χ4v) is 2.67. The molecular weight excluding hydrogens is 268 g/mol. The van der Waals surface area contributed by atoms with Crippen LogP contribution in [0.1, 0.15) is 24.8 Å². The van der Waals surface area contributed by atoms with Crippen molar-refractivity contribution < 1.29 is 9.59 Å². The smallest absolute Gasteiger partial charge is 0.234 e. The monoisotopic (exact) mass is 290 g/mol. The molecule has 1 aliphatic heterocycles. The molecule has 1 fully saturated rings. The first kappa shape index (κ1) is 15.5. The lowest BCUT2D eigenvalue weighted by atomic mass is 10.1. The van der Waals surface area contributed by atoms with Gasteiger partial charge in [-0.15, -0.1) is 0 Å². The van der Waals surface area contributed by atoms with Crippen LogP contribution in [0, 0.1) is 0 Å². The van der Waals surface area contributed by atoms with Crippen LogP contribution >= 0.6 is 0 Å². The van der Waals surface area contributed by atoms with Gasteiger partial charge in [-0.2, -0.15) is 0 Å². The van der Waals surface area contributed by atoms with Gasteiger partial charge in [0.2, 0.25) is 11.8 Å². The van der Waals surface area contributed by atoms with Gasteiger partial charge in [-0.25, -0.2) is 0 Å². The lowest BCUT2D eigenvalue weighted by Crippen LogP contribution is -2.39. The Labute approximate surface area is 124 Å². The molecule has 0 aliphatic carbocycles. The van der Waals surface area contributed by atoms with Crippen molar-refractivity contribution in [3.8, 4) is 0 Å². The molecule has 6 nitrogen and oxygen atoms in total. The highest BCUT2D eigenvalue weighted by molar-refractivity contribution is 5.90. The second kappa shape index (κ2) is 7.19. The predicted molar refractivity (Wildman–Crippen MR) is 81.4 cm³/mol. The molecule has 21 heavy (non-hydrogen) atoms. The maximum Gasteiger partial charge on any atom is 0.234 e. The van der Waals surface area contributed by atoms with E-state index >= 15 is 0 Å². The van der Waals surface area contributed by atoms with Gasteiger partial charge in [-0.3, -0.25) is 14.5 Å². The number of carbonyl (C=O) groups is 2. The standard InChI is InChI=1S/C15H22N4O2/c16-7-6-14(20)18-12-4-1-3-11(9-12)10-19-8-2-5-13(19)15(17)21/h1,3-4,9,13H,2,5-8,10,16H2,(H2,17,21)(H,18,20). The largest absolute Gasteiger partial charge is 0.368 e. The SMILES string of the molecule is NCCC(=O)Nc1cccc(CN2CCCC2C(N)=O)c1. The van der Waals surface area contributed by atoms with E-state index in [9.17, 15) is 9.59 Å². The second-order valence-corrected chi connectivity index (χ2v) is 5.32. The maximum atomic E-state index is 11.5. The second-order valence-electron chi connectivity index (χ2n) is 5.32. The third-order valence-corrected chi connectivity index (χ3v) is 3.66. The van der Waals surface area contributed by atoms with Gasteiger partial charge in [0.15, 0.2) is 0 Å². The molecule has 0 aromatic heterocycles. The number of rotatable bonds is 6. The first-order valence-corrected chi connectivity index (χ1v) is 7.22. The first-order chi connectivity index (χ1) is 10.1. The molecule has 5 N–H and O–H groups in total. The molecule has 0 spiro atoms. The van der Waals surface area contributed by atoms with Gasteiger partial charge in [0, 0.05) is 25.2 Å². The molecule has 0 radical (unpaired) electrons. The van der Waals surface area contributed by atoms with Crippen molar-refractivity contribution in [2.24, 2.45) is 11.5 Å². The highest BCUT2D eigenvalue weighted by Crippen LogP contribution is 2.21. The molecule has 0 bridgehead atoms. The van der Waals surface area contributed by atoms with E-state index in [-0.39, 0.29) is 17.9 Å². The van der Waals surface area contributed by atoms with Gasteiger partial charge >= 0.3 is 0 Å². The summed E-state index contributed by atoms with van der Waals surface area (Å²) in [4.78, 5) is 25.0. The lowest BCUT2D eigenvalue weighted by Gasteiger charge is -2.22. The van der Waals surface area contributed by atoms with Crippen LogP contribution in [0.4, 0.5) is 5.69 Å². The van der Waals surface area contributed by atoms with Crippen molar-refractivity contribution in [2.75, 3.05) is 18.4 Å². The van der Waals surface area contributed by atoms with E-state index in [1.54, 1.807) is 0 Å². The third-order valence-electron chi connectivity index (χ3n) is 3.66. The van der Waals surface area contributed by atoms with E-state index in [0.29, 0.717) is 19.5 Å². The summed E-state index contributed by atoms with van der Waals surface area (Å²) in [6.45, 7) is 1.87. The van der Waals surface area contributed by atoms with E-state index in [0.717, 1.165) is 30.6 Å². The van der Waals surface area contributed by atoms with Crippen LogP contribution < -0.4 is 16.8 Å². The van der Waals surface area contributed by atoms with Crippen molar-refractivity contribution in [1.29, 1.82) is 0 Å². The average molecular weight is 290 g/mol. The number of nitrogens with one attached hydrogen (secondary N) is 1. The van der Waals surface area contributed by atoms with Crippen molar-refractivity contribution in [3.63, 3.8) is 0 Å². The minimum Gasteiger partial charge on any atom is -0.368 e. The molecule has 1 saturated heterocycles. The zero-order valence-corrected chi connectivity index (χ0v) is 12.0. The van der Waals surface area contributed by atoms with Crippen LogP contribution in [-0.4, -0.2) is 35.8 Å². The highest BCUT2D eigenvalue weighted by atomic mass is 16.2. The number of benzene rings is 1. The van der Waals surface area contributed by atoms with Gasteiger partial charge in [0.05, 0.1) is 6.04 Å². The number of nitrogens with two attached hydrogens (primary N) is 2. The number of primary amides is 1. The fourth-order valence-electron chi connectivity index (χ4n) is 2.67. The average Bonchev–Trinajstić information content (AvgIpc) is 2.87. The summed E-state index contributed by atoms with van der Waals surface area (Å²) in [6, 6.07) is 7.45. The van der Waals surface area contributed by atoms with Crippen LogP contribution in [0.5, 0.6) is 0 Å². The normalized spacial score (nSPS) is 18.6. The van der Waals surface area contributed by atoms with Crippen LogP contribution in [-0.2, 0) is 16.1 Å². The summed E-state index contributed by atoms with van der Waals surface area (Å²) in [7, 11) is 0. The summed E-state index contributed by atoms with van der Waals surface area (Å²) in [5.74, 6) is -0.356. The Bertz CT molecular complexity index is 518. The van der Waals surface area contributed by atoms with E-state index < -0.39 is 0 Å². The van der Waals surface area contributed by atoms with Crippen LogP contribution in [0.2, 0.25) is 0 Å². The molecule has 1 atom stereocenters. The molecule has 6 heteroatoms. The molecule has 2 amide bonds. The third kappa shape index (κ3) is 4.27. The minimum absolute atomic E-state index is 0.0918. The molecule has 1 aliphatic rings. The van der Waals surface area contributed by atoms with Crippen molar-refractivity contribution in [1.82, 2.24) is 4.90 Å². The number of carbonyl (C=O) groups excluding carboxylic acids is 2. The molecule has 1 aromatic carbocycles. The summed E-state index contributed by atoms with van der Waals surface area (Å²) in [5, 5.41) is 2.81. The first-order valence-electron chi connectivity index (χ1n) is 7.22. The lowest BCUT2D eigenvalue weighted by molar-refractivity contribution is -0.122. The van der Waals surface area contributed by atoms with E-state index in [1.807, 2.05) is 24.3 Å². The van der Waals surface area contributed by atoms with Gasteiger partial charge < -0.3 is 16.8 Å². The Morgan fingerprint density at radius 1 is 1.38 bits per heavy atom. The Balaban J connectivity index is 2.00. The quantitative estimate of drug-likeness (QED) is 0.707. The Morgan fingerprint density at radius 3 is 2.90 bits per heavy atom. The van der Waals surface area contributed by atoms with Crippen LogP contribution in [0.3, 0.4) is 0 Å². The fraction of sp³-hybridized carbons (Fsp3) is 0.467. The Kier molecular flexibility index (Phi) is 5.30. The molecule has 1 heterocycles. The maximum absolute atomic E-state index is 11.5. The zero-order valence-electron chi connectivity index (χ0n) is 12.0. The van der Waals surface area contributed by atoms with Gasteiger partial charge in [-0.1, -0.05) is 12.1 Å². The molecule has 114 valence electrons. The molecule has 1 aromatic rings. The Hall–Kier alpha value is -1.92. The number of nitrogens with zero attached hydrogens (tertiary/aromatic N) is 1. The summed E-state index contributed by atoms with van der Waals surface area (Å²) in [6.07, 6.45) is 2.11. The topological polar surface area (TPSA) is 101 Å². The number of likely N-dealkylation sites (tertiary alicyclic amines) is 1. The van der Waals surface area contributed by atoms with Crippen LogP contribution in [0.15, 0.2) is 24.3 Å². The van der Waals surface area contributed by atoms with Crippen molar-refractivity contribution in [2.45, 2.75) is 31.8 Å². The minimum atomic E-state index is -0.264. The molecule has 2 rings (SSSR count). The molecule has 1 unspecified atom stereocenters. The summed E-state index contributed by atoms with van der Waals surface area (Å²) in [5.41, 5.74) is 12.6. The van der Waals surface area contributed by atoms with E-state index in [2.05, 4.69) is 10.2 Å². The number of anilines is 1. The number of hydrogen-bond acceptors (Lipinski definition) is 4. The van der Waals surface area contributed by atoms with Gasteiger partial charge in [0.25, 0.3) is 0 Å². The molecular formula is C15H22N4O2. The summed E-state index contributed by atoms with van der Waals surface area (Å²) >= 11 is 0. The highest BCUT2D eigenvalue weighted by Gasteiger charge is 2.28. The Morgan fingerprint density at radius 2 is 2.19 bits per heavy atom. The van der Waals surface area contributed by atoms with Gasteiger partial charge in [0.1, 0.15) is 0 Å². The molecule has 0 saturated carbocycles. The zero-order chi connectivity index (χ0) is 15.2. The van der Waals surface area contributed by atoms with Gasteiger partial charge in [-0.05, 0) is 37.1 Å². The van der Waals surface area contributed by atoms with Crippen molar-refractivity contribution >= 4 is 17.5 Å². The van der Waals surface area contributed by atoms with Crippen LogP contribution in [0.25, 0.3) is 0 Å². The van der Waals surface area contributed by atoms with E-state index in [4.69, 9.17) is 11.5 Å². The van der Waals surface area contributed by atoms with Crippen molar-refractivity contribution in [3.05, 3.63) is 29.8 Å².